The van der Waals surface area contributed by atoms with Gasteiger partial charge in [-0.2, -0.15) is 0 Å². The Morgan fingerprint density at radius 3 is 2.44 bits per heavy atom. The molecule has 27 heavy (non-hydrogen) atoms. The van der Waals surface area contributed by atoms with Crippen molar-refractivity contribution in [2.45, 2.75) is 12.8 Å². The topological polar surface area (TPSA) is 78.3 Å². The highest BCUT2D eigenvalue weighted by Crippen LogP contribution is 2.23. The van der Waals surface area contributed by atoms with Crippen molar-refractivity contribution in [1.29, 1.82) is 0 Å². The normalized spacial score (nSPS) is 14.7. The molecule has 0 unspecified atom stereocenters. The molecule has 1 aromatic carbocycles. The third-order valence-electron chi connectivity index (χ3n) is 4.43. The number of ether oxygens (including phenoxy) is 2. The van der Waals surface area contributed by atoms with Crippen LogP contribution in [0.3, 0.4) is 0 Å². The maximum Gasteiger partial charge on any atom is 0.238 e. The number of hydrogen-bond donors (Lipinski definition) is 1. The van der Waals surface area contributed by atoms with Gasteiger partial charge in [0.1, 0.15) is 5.75 Å². The molecule has 3 heterocycles. The standard InChI is InChI=1S/C20H20N4O3/c25-20(15-9-13-26-14-10-15)21-16-3-5-17(6-4-16)27-19-8-7-18(22-23-19)24-11-1-2-12-24/h1-8,11-12,15H,9-10,13-14H2,(H,21,25). The Labute approximate surface area is 156 Å². The smallest absolute Gasteiger partial charge is 0.238 e. The van der Waals surface area contributed by atoms with Gasteiger partial charge in [0.15, 0.2) is 5.82 Å². The van der Waals surface area contributed by atoms with E-state index in [-0.39, 0.29) is 11.8 Å². The van der Waals surface area contributed by atoms with E-state index in [2.05, 4.69) is 15.5 Å². The average molecular weight is 364 g/mol. The lowest BCUT2D eigenvalue weighted by molar-refractivity contribution is -0.122. The molecular formula is C20H20N4O3. The summed E-state index contributed by atoms with van der Waals surface area (Å²) in [5, 5.41) is 11.2. The second-order valence-electron chi connectivity index (χ2n) is 6.32. The van der Waals surface area contributed by atoms with E-state index in [0.29, 0.717) is 24.8 Å². The molecule has 4 rings (SSSR count). The molecule has 0 bridgehead atoms. The number of amides is 1. The Bertz CT molecular complexity index is 871. The first-order chi connectivity index (χ1) is 13.3. The molecule has 0 aliphatic carbocycles. The maximum atomic E-state index is 12.3. The fourth-order valence-corrected chi connectivity index (χ4v) is 2.92. The van der Waals surface area contributed by atoms with Crippen LogP contribution in [0.2, 0.25) is 0 Å². The zero-order valence-electron chi connectivity index (χ0n) is 14.7. The van der Waals surface area contributed by atoms with Crippen molar-refractivity contribution in [1.82, 2.24) is 14.8 Å². The summed E-state index contributed by atoms with van der Waals surface area (Å²) in [6.07, 6.45) is 5.34. The van der Waals surface area contributed by atoms with Crippen LogP contribution in [0.5, 0.6) is 11.6 Å². The number of nitrogens with zero attached hydrogens (tertiary/aromatic N) is 3. The predicted octanol–water partition coefficient (Wildman–Crippen LogP) is 3.42. The molecular weight excluding hydrogens is 344 g/mol. The van der Waals surface area contributed by atoms with Crippen LogP contribution in [0.15, 0.2) is 60.9 Å². The van der Waals surface area contributed by atoms with Crippen LogP contribution >= 0.6 is 0 Å². The number of carbonyl (C=O) groups is 1. The molecule has 138 valence electrons. The molecule has 2 aromatic heterocycles. The van der Waals surface area contributed by atoms with E-state index in [0.717, 1.165) is 24.3 Å². The number of rotatable bonds is 5. The summed E-state index contributed by atoms with van der Waals surface area (Å²) < 4.78 is 12.9. The van der Waals surface area contributed by atoms with Crippen LogP contribution in [0.25, 0.3) is 5.82 Å². The maximum absolute atomic E-state index is 12.3. The summed E-state index contributed by atoms with van der Waals surface area (Å²) in [4.78, 5) is 12.3. The van der Waals surface area contributed by atoms with E-state index in [1.54, 1.807) is 18.2 Å². The molecule has 1 amide bonds. The highest BCUT2D eigenvalue weighted by atomic mass is 16.5. The largest absolute Gasteiger partial charge is 0.438 e. The summed E-state index contributed by atoms with van der Waals surface area (Å²) in [5.74, 6) is 1.81. The van der Waals surface area contributed by atoms with E-state index in [1.165, 1.54) is 0 Å². The van der Waals surface area contributed by atoms with Crippen molar-refractivity contribution in [3.63, 3.8) is 0 Å². The fourth-order valence-electron chi connectivity index (χ4n) is 2.92. The Morgan fingerprint density at radius 2 is 1.78 bits per heavy atom. The number of benzene rings is 1. The predicted molar refractivity (Wildman–Crippen MR) is 100 cm³/mol. The summed E-state index contributed by atoms with van der Waals surface area (Å²) in [5.41, 5.74) is 0.743. The lowest BCUT2D eigenvalue weighted by Gasteiger charge is -2.21. The van der Waals surface area contributed by atoms with Gasteiger partial charge in [-0.05, 0) is 55.3 Å². The number of nitrogens with one attached hydrogen (secondary N) is 1. The lowest BCUT2D eigenvalue weighted by Crippen LogP contribution is -2.28. The molecule has 1 saturated heterocycles. The highest BCUT2D eigenvalue weighted by molar-refractivity contribution is 5.92. The Morgan fingerprint density at radius 1 is 1.04 bits per heavy atom. The molecule has 0 saturated carbocycles. The minimum absolute atomic E-state index is 0.0174. The SMILES string of the molecule is O=C(Nc1ccc(Oc2ccc(-n3cccc3)nn2)cc1)C1CCOCC1. The van der Waals surface area contributed by atoms with Gasteiger partial charge in [0.2, 0.25) is 11.8 Å². The van der Waals surface area contributed by atoms with Crippen LogP contribution in [0.1, 0.15) is 12.8 Å². The van der Waals surface area contributed by atoms with Crippen molar-refractivity contribution in [2.24, 2.45) is 5.92 Å². The number of aromatic nitrogens is 3. The van der Waals surface area contributed by atoms with Gasteiger partial charge in [-0.1, -0.05) is 0 Å². The zero-order valence-corrected chi connectivity index (χ0v) is 14.7. The van der Waals surface area contributed by atoms with E-state index >= 15 is 0 Å². The van der Waals surface area contributed by atoms with Crippen molar-refractivity contribution in [2.75, 3.05) is 18.5 Å². The number of hydrogen-bond acceptors (Lipinski definition) is 5. The van der Waals surface area contributed by atoms with Gasteiger partial charge in [-0.3, -0.25) is 4.79 Å². The van der Waals surface area contributed by atoms with Crippen LogP contribution < -0.4 is 10.1 Å². The van der Waals surface area contributed by atoms with Crippen LogP contribution in [0, 0.1) is 5.92 Å². The summed E-state index contributed by atoms with van der Waals surface area (Å²) in [6.45, 7) is 1.30. The van der Waals surface area contributed by atoms with Crippen molar-refractivity contribution >= 4 is 11.6 Å². The first-order valence-electron chi connectivity index (χ1n) is 8.91. The lowest BCUT2D eigenvalue weighted by atomic mass is 9.99. The van der Waals surface area contributed by atoms with Gasteiger partial charge in [0, 0.05) is 43.3 Å². The van der Waals surface area contributed by atoms with Gasteiger partial charge >= 0.3 is 0 Å². The second kappa shape index (κ2) is 8.01. The zero-order chi connectivity index (χ0) is 18.5. The van der Waals surface area contributed by atoms with Crippen LogP contribution in [0.4, 0.5) is 5.69 Å². The van der Waals surface area contributed by atoms with Crippen molar-refractivity contribution in [3.8, 4) is 17.4 Å². The molecule has 1 N–H and O–H groups in total. The molecule has 1 aliphatic heterocycles. The van der Waals surface area contributed by atoms with Gasteiger partial charge in [-0.25, -0.2) is 0 Å². The van der Waals surface area contributed by atoms with E-state index in [4.69, 9.17) is 9.47 Å². The molecule has 3 aromatic rings. The van der Waals surface area contributed by atoms with Crippen LogP contribution in [-0.4, -0.2) is 33.9 Å². The molecule has 1 aliphatic rings. The van der Waals surface area contributed by atoms with Gasteiger partial charge in [0.25, 0.3) is 0 Å². The Hall–Kier alpha value is -3.19. The Balaban J connectivity index is 1.35. The van der Waals surface area contributed by atoms with Crippen molar-refractivity contribution < 1.29 is 14.3 Å². The highest BCUT2D eigenvalue weighted by Gasteiger charge is 2.21. The third kappa shape index (κ3) is 4.32. The molecule has 0 radical (unpaired) electrons. The monoisotopic (exact) mass is 364 g/mol. The minimum Gasteiger partial charge on any atom is -0.438 e. The quantitative estimate of drug-likeness (QED) is 0.750. The van der Waals surface area contributed by atoms with Gasteiger partial charge in [0.05, 0.1) is 0 Å². The first kappa shape index (κ1) is 17.2. The van der Waals surface area contributed by atoms with Crippen LogP contribution in [-0.2, 0) is 9.53 Å². The van der Waals surface area contributed by atoms with E-state index in [1.807, 2.05) is 47.3 Å². The van der Waals surface area contributed by atoms with E-state index < -0.39 is 0 Å². The Kier molecular flexibility index (Phi) is 5.11. The van der Waals surface area contributed by atoms with Gasteiger partial charge in [-0.15, -0.1) is 10.2 Å². The second-order valence-corrected chi connectivity index (χ2v) is 6.32. The summed E-state index contributed by atoms with van der Waals surface area (Å²) in [6, 6.07) is 14.7. The average Bonchev–Trinajstić information content (AvgIpc) is 3.26. The molecule has 7 heteroatoms. The first-order valence-corrected chi connectivity index (χ1v) is 8.91. The number of anilines is 1. The van der Waals surface area contributed by atoms with E-state index in [9.17, 15) is 4.79 Å². The third-order valence-corrected chi connectivity index (χ3v) is 4.43. The summed E-state index contributed by atoms with van der Waals surface area (Å²) in [7, 11) is 0. The fraction of sp³-hybridized carbons (Fsp3) is 0.250. The number of carbonyl (C=O) groups excluding carboxylic acids is 1. The van der Waals surface area contributed by atoms with Crippen molar-refractivity contribution in [3.05, 3.63) is 60.9 Å². The minimum atomic E-state index is 0.0174. The summed E-state index contributed by atoms with van der Waals surface area (Å²) >= 11 is 0. The molecule has 0 spiro atoms. The molecule has 7 nitrogen and oxygen atoms in total. The molecule has 0 atom stereocenters. The molecule has 1 fully saturated rings. The van der Waals surface area contributed by atoms with Gasteiger partial charge < -0.3 is 19.4 Å².